The quantitative estimate of drug-likeness (QED) is 0.154. The van der Waals surface area contributed by atoms with Crippen LogP contribution in [0, 0.1) is 47.1 Å². The van der Waals surface area contributed by atoms with Crippen molar-refractivity contribution in [3.63, 3.8) is 0 Å². The fourth-order valence-corrected chi connectivity index (χ4v) is 12.5. The molecule has 6 aliphatic rings. The molecule has 6 aliphatic carbocycles. The number of hydrogen-bond donors (Lipinski definition) is 0. The molecule has 0 N–H and O–H groups in total. The molecular weight excluding hydrogens is 907 g/mol. The predicted octanol–water partition coefficient (Wildman–Crippen LogP) is 10.3. The summed E-state index contributed by atoms with van der Waals surface area (Å²) < 4.78 is 1.46. The van der Waals surface area contributed by atoms with Gasteiger partial charge in [0.2, 0.25) is 0 Å². The predicted molar refractivity (Wildman–Crippen MR) is 266 cm³/mol. The van der Waals surface area contributed by atoms with E-state index in [1.165, 1.54) is 125 Å². The molecule has 4 saturated carbocycles. The summed E-state index contributed by atoms with van der Waals surface area (Å²) >= 11 is 1.50. The smallest absolute Gasteiger partial charge is 1.00 e. The molecule has 0 aliphatic heterocycles. The van der Waals surface area contributed by atoms with E-state index in [1.54, 1.807) is 12.0 Å². The van der Waals surface area contributed by atoms with E-state index in [-0.39, 0.29) is 35.6 Å². The van der Waals surface area contributed by atoms with Crippen LogP contribution >= 0.6 is 0 Å². The van der Waals surface area contributed by atoms with Gasteiger partial charge in [0.1, 0.15) is 0 Å². The number of fused-ring (bicyclic) bond motifs is 4. The van der Waals surface area contributed by atoms with Crippen molar-refractivity contribution in [1.82, 2.24) is 0 Å². The van der Waals surface area contributed by atoms with E-state index in [1.807, 2.05) is 0 Å². The van der Waals surface area contributed by atoms with E-state index in [2.05, 4.69) is 208 Å². The summed E-state index contributed by atoms with van der Waals surface area (Å²) in [7, 11) is 0. The Bertz CT molecular complexity index is 2590. The number of benzene rings is 6. The van der Waals surface area contributed by atoms with Crippen LogP contribution in [0.25, 0.3) is 44.2 Å². The molecule has 0 radical (unpaired) electrons. The van der Waals surface area contributed by atoms with Crippen molar-refractivity contribution in [2.45, 2.75) is 112 Å². The third kappa shape index (κ3) is 10.0. The summed E-state index contributed by atoms with van der Waals surface area (Å²) in [6.45, 7) is 20.9. The first kappa shape index (κ1) is 49.3. The SMILES string of the molecule is CC(C)(C)c1cc2c([c-]c1-c1ccccc1)Cc1cc(-c3ccccc3)c(C(C)(C)C)cc1-2.CC1[C-]=CC(C2(C)C3CC4CC(C3)CC2C4)=C1.C[C](=[Zr+2])c1ccc2ccccc2c1.[Cl-].[Cl-]. The molecule has 4 fully saturated rings. The standard InChI is InChI=1S/C33H33.C17H23.C12H10.2ClH.Zr/c1-32(2,3)30-20-26-24(18-28(30)22-13-9-7-10-14-22)17-25-19-29(23-15-11-8-12-16-23)31(21-27(25)26)33(4,5)6;1-11-3-4-14(5-11)17(2)15-7-12-6-13(9-15)10-16(17)8-12;1-2-10-7-8-11-5-3-4-6-12(11)9-10;;;/h7-16,18,20-21H,17H2,1-6H3;4-5,11-13,15-16H,6-10H2,1-2H3;3-9H,1H3;2*1H;/q2*-1;;;;+2/p-2. The van der Waals surface area contributed by atoms with Crippen LogP contribution in [0.15, 0.2) is 139 Å². The molecule has 0 spiro atoms. The zero-order chi connectivity index (χ0) is 44.3. The molecule has 334 valence electrons. The average Bonchev–Trinajstić information content (AvgIpc) is 3.87. The van der Waals surface area contributed by atoms with Crippen molar-refractivity contribution in [2.75, 3.05) is 0 Å². The largest absolute Gasteiger partial charge is 1.00 e. The summed E-state index contributed by atoms with van der Waals surface area (Å²) in [5.41, 5.74) is 17.0. The molecule has 6 aromatic carbocycles. The molecule has 0 aromatic heterocycles. The molecule has 0 amide bonds. The van der Waals surface area contributed by atoms with Gasteiger partial charge in [-0.3, -0.25) is 6.08 Å². The Morgan fingerprint density at radius 3 is 1.72 bits per heavy atom. The Labute approximate surface area is 419 Å². The number of rotatable bonds is 4. The van der Waals surface area contributed by atoms with E-state index < -0.39 is 0 Å². The van der Waals surface area contributed by atoms with E-state index in [9.17, 15) is 0 Å². The van der Waals surface area contributed by atoms with Crippen LogP contribution in [0.3, 0.4) is 0 Å². The molecule has 12 rings (SSSR count). The third-order valence-electron chi connectivity index (χ3n) is 15.4. The van der Waals surface area contributed by atoms with Gasteiger partial charge >= 0.3 is 93.2 Å². The van der Waals surface area contributed by atoms with Gasteiger partial charge in [-0.25, -0.2) is 6.08 Å². The first-order valence-electron chi connectivity index (χ1n) is 23.8. The van der Waals surface area contributed by atoms with Gasteiger partial charge in [0.05, 0.1) is 0 Å². The first-order valence-corrected chi connectivity index (χ1v) is 25.0. The van der Waals surface area contributed by atoms with Crippen molar-refractivity contribution in [1.29, 1.82) is 0 Å². The van der Waals surface area contributed by atoms with Crippen LogP contribution < -0.4 is 24.8 Å². The monoisotopic (exact) mass is 970 g/mol. The van der Waals surface area contributed by atoms with Crippen molar-refractivity contribution in [2.24, 2.45) is 35.0 Å². The van der Waals surface area contributed by atoms with Crippen LogP contribution in [0.1, 0.15) is 122 Å². The Kier molecular flexibility index (Phi) is 14.8. The van der Waals surface area contributed by atoms with Gasteiger partial charge in [-0.2, -0.15) is 11.6 Å². The van der Waals surface area contributed by atoms with Gasteiger partial charge in [0, 0.05) is 0 Å². The molecule has 1 unspecified atom stereocenters. The second-order valence-corrected chi connectivity index (χ2v) is 23.8. The third-order valence-corrected chi connectivity index (χ3v) is 16.1. The van der Waals surface area contributed by atoms with Crippen LogP contribution in [-0.4, -0.2) is 3.21 Å². The maximum absolute atomic E-state index is 3.88. The second kappa shape index (κ2) is 19.5. The molecule has 0 saturated heterocycles. The van der Waals surface area contributed by atoms with Crippen LogP contribution in [0.4, 0.5) is 0 Å². The number of halogens is 2. The molecule has 65 heavy (non-hydrogen) atoms. The molecular formula is C62H66Cl2Zr-2. The van der Waals surface area contributed by atoms with Crippen molar-refractivity contribution in [3.8, 4) is 33.4 Å². The minimum absolute atomic E-state index is 0. The first-order chi connectivity index (χ1) is 30.1. The van der Waals surface area contributed by atoms with Crippen molar-refractivity contribution in [3.05, 3.63) is 179 Å². The Morgan fingerprint density at radius 2 is 1.17 bits per heavy atom. The number of allylic oxidation sites excluding steroid dienone is 4. The maximum atomic E-state index is 3.88. The van der Waals surface area contributed by atoms with Gasteiger partial charge in [-0.05, 0) is 95.3 Å². The summed E-state index contributed by atoms with van der Waals surface area (Å²) in [5, 5.41) is 2.66. The minimum Gasteiger partial charge on any atom is -1.00 e. The molecule has 1 atom stereocenters. The molecule has 0 heterocycles. The fourth-order valence-electron chi connectivity index (χ4n) is 12.1. The Balaban J connectivity index is 0.000000163. The minimum atomic E-state index is 0. The maximum Gasteiger partial charge on any atom is -1.00 e. The number of hydrogen-bond acceptors (Lipinski definition) is 0. The van der Waals surface area contributed by atoms with Crippen LogP contribution in [0.2, 0.25) is 0 Å². The summed E-state index contributed by atoms with van der Waals surface area (Å²) in [4.78, 5) is 0. The fraction of sp³-hybridized carbons (Fsp3) is 0.371. The van der Waals surface area contributed by atoms with Gasteiger partial charge in [-0.15, -0.1) is 28.8 Å². The summed E-state index contributed by atoms with van der Waals surface area (Å²) in [5.74, 6) is 4.68. The van der Waals surface area contributed by atoms with E-state index in [4.69, 9.17) is 0 Å². The van der Waals surface area contributed by atoms with Gasteiger partial charge in [0.15, 0.2) is 0 Å². The van der Waals surface area contributed by atoms with E-state index in [0.717, 1.165) is 30.1 Å². The van der Waals surface area contributed by atoms with Gasteiger partial charge < -0.3 is 24.8 Å². The zero-order valence-electron chi connectivity index (χ0n) is 40.1. The van der Waals surface area contributed by atoms with E-state index in [0.29, 0.717) is 11.3 Å². The molecule has 4 bridgehead atoms. The second-order valence-electron chi connectivity index (χ2n) is 21.9. The summed E-state index contributed by atoms with van der Waals surface area (Å²) in [6, 6.07) is 48.0. The van der Waals surface area contributed by atoms with Crippen LogP contribution in [-0.2, 0) is 41.5 Å². The van der Waals surface area contributed by atoms with Gasteiger partial charge in [-0.1, -0.05) is 156 Å². The Morgan fingerprint density at radius 1 is 0.615 bits per heavy atom. The summed E-state index contributed by atoms with van der Waals surface area (Å²) in [6.07, 6.45) is 16.9. The van der Waals surface area contributed by atoms with Crippen molar-refractivity contribution >= 4 is 14.0 Å². The zero-order valence-corrected chi connectivity index (χ0v) is 44.1. The average molecular weight is 973 g/mol. The van der Waals surface area contributed by atoms with Crippen molar-refractivity contribution < 1.29 is 49.0 Å². The molecule has 6 aromatic rings. The Hall–Kier alpha value is -3.61. The van der Waals surface area contributed by atoms with E-state index >= 15 is 0 Å². The molecule has 3 heteroatoms. The van der Waals surface area contributed by atoms with Gasteiger partial charge in [0.25, 0.3) is 0 Å². The normalized spacial score (nSPS) is 23.2. The van der Waals surface area contributed by atoms with Crippen LogP contribution in [0.5, 0.6) is 0 Å². The molecule has 0 nitrogen and oxygen atoms in total. The topological polar surface area (TPSA) is 0 Å².